The number of aromatic nitrogens is 1. The Hall–Kier alpha value is -1.82. The maximum absolute atomic E-state index is 12.9. The summed E-state index contributed by atoms with van der Waals surface area (Å²) in [6, 6.07) is 3.71. The number of ether oxygens (including phenoxy) is 1. The van der Waals surface area contributed by atoms with Crippen LogP contribution >= 0.6 is 0 Å². The molecule has 1 unspecified atom stereocenters. The van der Waals surface area contributed by atoms with Gasteiger partial charge in [0, 0.05) is 33.4 Å². The summed E-state index contributed by atoms with van der Waals surface area (Å²) in [6.45, 7) is 2.73. The van der Waals surface area contributed by atoms with Crippen molar-refractivity contribution >= 4 is 11.8 Å². The molecule has 1 aliphatic heterocycles. The molecule has 1 N–H and O–H groups in total. The number of carbonyl (C=O) groups is 2. The van der Waals surface area contributed by atoms with Crippen molar-refractivity contribution in [2.24, 2.45) is 7.05 Å². The second-order valence-corrected chi connectivity index (χ2v) is 5.52. The van der Waals surface area contributed by atoms with Crippen molar-refractivity contribution in [1.82, 2.24) is 14.8 Å². The van der Waals surface area contributed by atoms with Gasteiger partial charge in [-0.2, -0.15) is 0 Å². The van der Waals surface area contributed by atoms with Crippen LogP contribution in [-0.4, -0.2) is 54.1 Å². The van der Waals surface area contributed by atoms with E-state index in [0.717, 1.165) is 12.1 Å². The molecule has 116 valence electrons. The van der Waals surface area contributed by atoms with E-state index in [9.17, 15) is 9.59 Å². The number of hydrogen-bond acceptors (Lipinski definition) is 3. The van der Waals surface area contributed by atoms with E-state index in [1.807, 2.05) is 24.6 Å². The molecule has 0 aliphatic carbocycles. The summed E-state index contributed by atoms with van der Waals surface area (Å²) in [5.41, 5.74) is 0.701. The van der Waals surface area contributed by atoms with Gasteiger partial charge in [0.2, 0.25) is 5.91 Å². The van der Waals surface area contributed by atoms with Gasteiger partial charge in [-0.05, 0) is 31.9 Å². The first-order valence-corrected chi connectivity index (χ1v) is 7.13. The number of methoxy groups -OCH3 is 1. The van der Waals surface area contributed by atoms with E-state index in [-0.39, 0.29) is 18.4 Å². The van der Waals surface area contributed by atoms with E-state index in [4.69, 9.17) is 4.74 Å². The first-order chi connectivity index (χ1) is 9.97. The number of amides is 2. The minimum Gasteiger partial charge on any atom is -0.382 e. The van der Waals surface area contributed by atoms with Gasteiger partial charge >= 0.3 is 0 Å². The van der Waals surface area contributed by atoms with Crippen molar-refractivity contribution in [3.05, 3.63) is 23.5 Å². The normalized spacial score (nSPS) is 21.6. The van der Waals surface area contributed by atoms with Gasteiger partial charge in [0.15, 0.2) is 0 Å². The molecule has 0 bridgehead atoms. The Balaban J connectivity index is 2.38. The first-order valence-electron chi connectivity index (χ1n) is 7.13. The van der Waals surface area contributed by atoms with E-state index >= 15 is 0 Å². The number of likely N-dealkylation sites (N-methyl/N-ethyl adjacent to an activating group) is 1. The zero-order chi connectivity index (χ0) is 15.6. The lowest BCUT2D eigenvalue weighted by molar-refractivity contribution is -0.133. The molecule has 2 heterocycles. The van der Waals surface area contributed by atoms with E-state index in [1.54, 1.807) is 25.1 Å². The molecule has 2 amide bonds. The Morgan fingerprint density at radius 1 is 1.43 bits per heavy atom. The van der Waals surface area contributed by atoms with Crippen LogP contribution in [0.5, 0.6) is 0 Å². The van der Waals surface area contributed by atoms with Crippen molar-refractivity contribution in [2.75, 3.05) is 27.3 Å². The van der Waals surface area contributed by atoms with Crippen LogP contribution in [0.4, 0.5) is 0 Å². The number of likely N-dealkylation sites (tertiary alicyclic amines) is 1. The van der Waals surface area contributed by atoms with Crippen LogP contribution in [0.15, 0.2) is 12.1 Å². The summed E-state index contributed by atoms with van der Waals surface area (Å²) in [5, 5.41) is 2.67. The van der Waals surface area contributed by atoms with Gasteiger partial charge in [0.25, 0.3) is 5.91 Å². The maximum atomic E-state index is 12.9. The van der Waals surface area contributed by atoms with Crippen molar-refractivity contribution in [3.8, 4) is 0 Å². The molecule has 1 aromatic rings. The molecule has 6 nitrogen and oxygen atoms in total. The van der Waals surface area contributed by atoms with Gasteiger partial charge < -0.3 is 19.5 Å². The average Bonchev–Trinajstić information content (AvgIpc) is 3.04. The van der Waals surface area contributed by atoms with Gasteiger partial charge in [-0.3, -0.25) is 9.59 Å². The molecule has 0 spiro atoms. The Morgan fingerprint density at radius 3 is 2.67 bits per heavy atom. The highest BCUT2D eigenvalue weighted by molar-refractivity contribution is 5.99. The van der Waals surface area contributed by atoms with Crippen LogP contribution in [0.2, 0.25) is 0 Å². The number of carbonyl (C=O) groups excluding carboxylic acids is 2. The zero-order valence-electron chi connectivity index (χ0n) is 13.1. The molecule has 0 saturated carbocycles. The lowest BCUT2D eigenvalue weighted by Crippen LogP contribution is -2.59. The summed E-state index contributed by atoms with van der Waals surface area (Å²) >= 11 is 0. The SMILES string of the molecule is CNC(=O)C1(COC)CCCN1C(=O)c1ccc(C)n1C. The third-order valence-electron chi connectivity index (χ3n) is 4.36. The highest BCUT2D eigenvalue weighted by Crippen LogP contribution is 2.31. The monoisotopic (exact) mass is 293 g/mol. The van der Waals surface area contributed by atoms with Crippen molar-refractivity contribution < 1.29 is 14.3 Å². The predicted octanol–water partition coefficient (Wildman–Crippen LogP) is 0.701. The number of hydrogen-bond donors (Lipinski definition) is 1. The maximum Gasteiger partial charge on any atom is 0.271 e. The summed E-state index contributed by atoms with van der Waals surface area (Å²) < 4.78 is 7.09. The topological polar surface area (TPSA) is 63.6 Å². The molecule has 1 saturated heterocycles. The van der Waals surface area contributed by atoms with Crippen LogP contribution in [0, 0.1) is 6.92 Å². The lowest BCUT2D eigenvalue weighted by Gasteiger charge is -2.36. The molecular weight excluding hydrogens is 270 g/mol. The zero-order valence-corrected chi connectivity index (χ0v) is 13.1. The summed E-state index contributed by atoms with van der Waals surface area (Å²) in [7, 11) is 5.00. The van der Waals surface area contributed by atoms with Crippen LogP contribution in [0.3, 0.4) is 0 Å². The van der Waals surface area contributed by atoms with Crippen molar-refractivity contribution in [3.63, 3.8) is 0 Å². The summed E-state index contributed by atoms with van der Waals surface area (Å²) in [5.74, 6) is -0.287. The fraction of sp³-hybridized carbons (Fsp3) is 0.600. The third-order valence-corrected chi connectivity index (χ3v) is 4.36. The van der Waals surface area contributed by atoms with Crippen LogP contribution in [-0.2, 0) is 16.6 Å². The smallest absolute Gasteiger partial charge is 0.271 e. The van der Waals surface area contributed by atoms with E-state index in [2.05, 4.69) is 5.32 Å². The van der Waals surface area contributed by atoms with Crippen molar-refractivity contribution in [1.29, 1.82) is 0 Å². The van der Waals surface area contributed by atoms with Gasteiger partial charge in [0.1, 0.15) is 11.2 Å². The average molecular weight is 293 g/mol. The predicted molar refractivity (Wildman–Crippen MR) is 79.1 cm³/mol. The Labute approximate surface area is 125 Å². The largest absolute Gasteiger partial charge is 0.382 e. The standard InChI is InChI=1S/C15H23N3O3/c1-11-6-7-12(17(11)3)13(19)18-9-5-8-15(18,10-21-4)14(20)16-2/h6-7H,5,8-10H2,1-4H3,(H,16,20). The quantitative estimate of drug-likeness (QED) is 0.889. The fourth-order valence-electron chi connectivity index (χ4n) is 3.06. The number of rotatable bonds is 4. The molecule has 1 fully saturated rings. The van der Waals surface area contributed by atoms with E-state index < -0.39 is 5.54 Å². The molecule has 1 atom stereocenters. The lowest BCUT2D eigenvalue weighted by atomic mass is 9.95. The van der Waals surface area contributed by atoms with Gasteiger partial charge in [-0.25, -0.2) is 0 Å². The van der Waals surface area contributed by atoms with Gasteiger partial charge in [0.05, 0.1) is 6.61 Å². The van der Waals surface area contributed by atoms with Gasteiger partial charge in [-0.1, -0.05) is 0 Å². The molecule has 1 aliphatic rings. The molecule has 21 heavy (non-hydrogen) atoms. The Morgan fingerprint density at radius 2 is 2.14 bits per heavy atom. The second-order valence-electron chi connectivity index (χ2n) is 5.52. The molecule has 1 aromatic heterocycles. The summed E-state index contributed by atoms with van der Waals surface area (Å²) in [6.07, 6.45) is 1.42. The highest BCUT2D eigenvalue weighted by atomic mass is 16.5. The van der Waals surface area contributed by atoms with Gasteiger partial charge in [-0.15, -0.1) is 0 Å². The molecular formula is C15H23N3O3. The Bertz CT molecular complexity index is 552. The number of nitrogens with one attached hydrogen (secondary N) is 1. The summed E-state index contributed by atoms with van der Waals surface area (Å²) in [4.78, 5) is 26.9. The minimum atomic E-state index is -0.904. The van der Waals surface area contributed by atoms with Crippen LogP contribution in [0.25, 0.3) is 0 Å². The molecule has 0 radical (unpaired) electrons. The highest BCUT2D eigenvalue weighted by Gasteiger charge is 2.49. The van der Waals surface area contributed by atoms with Crippen molar-refractivity contribution in [2.45, 2.75) is 25.3 Å². The fourth-order valence-corrected chi connectivity index (χ4v) is 3.06. The minimum absolute atomic E-state index is 0.122. The Kier molecular flexibility index (Phi) is 4.37. The third kappa shape index (κ3) is 2.44. The van der Waals surface area contributed by atoms with E-state index in [0.29, 0.717) is 18.7 Å². The molecule has 2 rings (SSSR count). The van der Waals surface area contributed by atoms with E-state index in [1.165, 1.54) is 0 Å². The van der Waals surface area contributed by atoms with Crippen LogP contribution < -0.4 is 5.32 Å². The molecule has 6 heteroatoms. The number of nitrogens with zero attached hydrogens (tertiary/aromatic N) is 2. The van der Waals surface area contributed by atoms with Crippen LogP contribution in [0.1, 0.15) is 29.0 Å². The second kappa shape index (κ2) is 5.89. The first kappa shape index (κ1) is 15.6. The molecule has 0 aromatic carbocycles. The number of aryl methyl sites for hydroxylation is 1.